The number of amides is 3. The highest BCUT2D eigenvalue weighted by Gasteiger charge is 2.33. The number of aromatic nitrogens is 3. The van der Waals surface area contributed by atoms with E-state index in [1.54, 1.807) is 29.2 Å². The van der Waals surface area contributed by atoms with E-state index in [2.05, 4.69) is 20.7 Å². The Hall–Kier alpha value is -4.28. The van der Waals surface area contributed by atoms with Crippen molar-refractivity contribution in [3.63, 3.8) is 0 Å². The molecule has 3 heterocycles. The SMILES string of the molecule is O=C1N[C@@H]2CC[C@@H](CN(C(=O)c3ccccc3-n3cncn3)C2)C(=O)NCCCOc2ccc(F)cc21. The van der Waals surface area contributed by atoms with Crippen molar-refractivity contribution in [3.8, 4) is 11.4 Å². The number of fused-ring (bicyclic) bond motifs is 4. The number of hydrogen-bond acceptors (Lipinski definition) is 6. The summed E-state index contributed by atoms with van der Waals surface area (Å²) < 4.78 is 21.2. The first kappa shape index (κ1) is 24.4. The molecule has 11 heteroatoms. The van der Waals surface area contributed by atoms with Crippen molar-refractivity contribution < 1.29 is 23.5 Å². The van der Waals surface area contributed by atoms with Gasteiger partial charge in [0.2, 0.25) is 5.91 Å². The quantitative estimate of drug-likeness (QED) is 0.549. The van der Waals surface area contributed by atoms with Gasteiger partial charge in [0.1, 0.15) is 24.2 Å². The van der Waals surface area contributed by atoms with Crippen molar-refractivity contribution in [2.75, 3.05) is 26.2 Å². The first-order valence-electron chi connectivity index (χ1n) is 12.2. The van der Waals surface area contributed by atoms with Crippen LogP contribution in [0.1, 0.15) is 40.0 Å². The lowest BCUT2D eigenvalue weighted by atomic mass is 10.0. The van der Waals surface area contributed by atoms with Gasteiger partial charge in [0, 0.05) is 25.7 Å². The Labute approximate surface area is 212 Å². The molecule has 3 amide bonds. The minimum absolute atomic E-state index is 0.0938. The predicted molar refractivity (Wildman–Crippen MR) is 131 cm³/mol. The maximum absolute atomic E-state index is 14.0. The molecule has 37 heavy (non-hydrogen) atoms. The van der Waals surface area contributed by atoms with E-state index < -0.39 is 23.7 Å². The molecule has 5 rings (SSSR count). The van der Waals surface area contributed by atoms with Crippen LogP contribution in [0.5, 0.6) is 5.75 Å². The van der Waals surface area contributed by atoms with Crippen LogP contribution in [0.15, 0.2) is 55.1 Å². The molecule has 1 fully saturated rings. The number of halogens is 1. The summed E-state index contributed by atoms with van der Waals surface area (Å²) in [5, 5.41) is 10.0. The molecule has 2 bridgehead atoms. The Morgan fingerprint density at radius 3 is 2.81 bits per heavy atom. The van der Waals surface area contributed by atoms with Crippen LogP contribution < -0.4 is 15.4 Å². The first-order valence-corrected chi connectivity index (χ1v) is 12.2. The third kappa shape index (κ3) is 5.45. The average Bonchev–Trinajstić information content (AvgIpc) is 3.36. The summed E-state index contributed by atoms with van der Waals surface area (Å²) in [6.45, 7) is 1.02. The van der Waals surface area contributed by atoms with Crippen molar-refractivity contribution >= 4 is 17.7 Å². The average molecular weight is 507 g/mol. The Morgan fingerprint density at radius 2 is 1.97 bits per heavy atom. The molecule has 1 saturated heterocycles. The van der Waals surface area contributed by atoms with Crippen molar-refractivity contribution in [1.82, 2.24) is 30.3 Å². The Morgan fingerprint density at radius 1 is 1.11 bits per heavy atom. The van der Waals surface area contributed by atoms with Crippen LogP contribution in [0, 0.1) is 11.7 Å². The predicted octanol–water partition coefficient (Wildman–Crippen LogP) is 1.96. The third-order valence-electron chi connectivity index (χ3n) is 6.60. The zero-order valence-corrected chi connectivity index (χ0v) is 20.1. The summed E-state index contributed by atoms with van der Waals surface area (Å²) in [4.78, 5) is 45.6. The molecule has 0 saturated carbocycles. The molecular formula is C26H27FN6O4. The second-order valence-electron chi connectivity index (χ2n) is 9.15. The zero-order chi connectivity index (χ0) is 25.8. The molecule has 10 nitrogen and oxygen atoms in total. The maximum Gasteiger partial charge on any atom is 0.256 e. The molecule has 2 aromatic carbocycles. The van der Waals surface area contributed by atoms with Crippen molar-refractivity contribution in [3.05, 3.63) is 72.1 Å². The number of para-hydroxylation sites is 1. The van der Waals surface area contributed by atoms with E-state index in [0.717, 1.165) is 6.07 Å². The second kappa shape index (κ2) is 10.8. The van der Waals surface area contributed by atoms with E-state index in [0.29, 0.717) is 37.1 Å². The normalized spacial score (nSPS) is 20.6. The van der Waals surface area contributed by atoms with Gasteiger partial charge in [-0.25, -0.2) is 14.1 Å². The molecule has 0 unspecified atom stereocenters. The van der Waals surface area contributed by atoms with Gasteiger partial charge in [-0.05, 0) is 49.6 Å². The van der Waals surface area contributed by atoms with E-state index in [1.165, 1.54) is 29.5 Å². The van der Waals surface area contributed by atoms with E-state index in [4.69, 9.17) is 4.74 Å². The zero-order valence-electron chi connectivity index (χ0n) is 20.1. The fourth-order valence-corrected chi connectivity index (χ4v) is 4.73. The fraction of sp³-hybridized carbons (Fsp3) is 0.346. The Kier molecular flexibility index (Phi) is 7.11. The van der Waals surface area contributed by atoms with Crippen LogP contribution in [0.3, 0.4) is 0 Å². The summed E-state index contributed by atoms with van der Waals surface area (Å²) in [6, 6.07) is 10.4. The van der Waals surface area contributed by atoms with E-state index >= 15 is 0 Å². The van der Waals surface area contributed by atoms with Gasteiger partial charge in [-0.1, -0.05) is 12.1 Å². The van der Waals surface area contributed by atoms with Crippen LogP contribution in [0.25, 0.3) is 5.69 Å². The molecule has 1 aromatic heterocycles. The van der Waals surface area contributed by atoms with Gasteiger partial charge >= 0.3 is 0 Å². The number of nitrogens with zero attached hydrogens (tertiary/aromatic N) is 4. The first-order chi connectivity index (χ1) is 18.0. The summed E-state index contributed by atoms with van der Waals surface area (Å²) in [6.07, 6.45) is 4.36. The highest BCUT2D eigenvalue weighted by molar-refractivity contribution is 5.99. The molecule has 0 spiro atoms. The van der Waals surface area contributed by atoms with Crippen LogP contribution in [0.2, 0.25) is 0 Å². The minimum atomic E-state index is -0.548. The van der Waals surface area contributed by atoms with Crippen molar-refractivity contribution in [2.45, 2.75) is 25.3 Å². The largest absolute Gasteiger partial charge is 0.493 e. The van der Waals surface area contributed by atoms with Gasteiger partial charge in [-0.3, -0.25) is 14.4 Å². The third-order valence-corrected chi connectivity index (χ3v) is 6.60. The lowest BCUT2D eigenvalue weighted by Crippen LogP contribution is -2.46. The molecule has 0 aliphatic carbocycles. The molecule has 192 valence electrons. The van der Waals surface area contributed by atoms with Gasteiger partial charge in [0.05, 0.1) is 29.3 Å². The molecule has 2 N–H and O–H groups in total. The monoisotopic (exact) mass is 506 g/mol. The van der Waals surface area contributed by atoms with Gasteiger partial charge in [0.25, 0.3) is 11.8 Å². The lowest BCUT2D eigenvalue weighted by Gasteiger charge is -2.27. The van der Waals surface area contributed by atoms with E-state index in [9.17, 15) is 18.8 Å². The fourth-order valence-electron chi connectivity index (χ4n) is 4.73. The topological polar surface area (TPSA) is 118 Å². The summed E-state index contributed by atoms with van der Waals surface area (Å²) in [5.41, 5.74) is 1.05. The number of carbonyl (C=O) groups excluding carboxylic acids is 3. The molecule has 2 atom stereocenters. The van der Waals surface area contributed by atoms with Crippen LogP contribution in [-0.4, -0.2) is 69.7 Å². The van der Waals surface area contributed by atoms with Crippen molar-refractivity contribution in [2.24, 2.45) is 5.92 Å². The molecule has 3 aromatic rings. The molecule has 0 radical (unpaired) electrons. The van der Waals surface area contributed by atoms with Gasteiger partial charge in [0.15, 0.2) is 0 Å². The Balaban J connectivity index is 1.47. The van der Waals surface area contributed by atoms with Gasteiger partial charge < -0.3 is 20.3 Å². The van der Waals surface area contributed by atoms with Gasteiger partial charge in [-0.2, -0.15) is 5.10 Å². The number of likely N-dealkylation sites (tertiary alicyclic amines) is 1. The van der Waals surface area contributed by atoms with Gasteiger partial charge in [-0.15, -0.1) is 0 Å². The van der Waals surface area contributed by atoms with Crippen LogP contribution in [-0.2, 0) is 4.79 Å². The summed E-state index contributed by atoms with van der Waals surface area (Å²) in [5.74, 6) is -1.65. The van der Waals surface area contributed by atoms with Crippen LogP contribution >= 0.6 is 0 Å². The Bertz CT molecular complexity index is 1300. The lowest BCUT2D eigenvalue weighted by molar-refractivity contribution is -0.125. The number of carbonyl (C=O) groups is 3. The molecule has 2 aliphatic heterocycles. The smallest absolute Gasteiger partial charge is 0.256 e. The van der Waals surface area contributed by atoms with Crippen LogP contribution in [0.4, 0.5) is 4.39 Å². The second-order valence-corrected chi connectivity index (χ2v) is 9.15. The van der Waals surface area contributed by atoms with E-state index in [-0.39, 0.29) is 42.8 Å². The number of hydrogen-bond donors (Lipinski definition) is 2. The molecular weight excluding hydrogens is 479 g/mol. The number of nitrogens with one attached hydrogen (secondary N) is 2. The number of benzene rings is 2. The summed E-state index contributed by atoms with van der Waals surface area (Å²) in [7, 11) is 0. The number of rotatable bonds is 2. The number of ether oxygens (including phenoxy) is 1. The summed E-state index contributed by atoms with van der Waals surface area (Å²) >= 11 is 0. The minimum Gasteiger partial charge on any atom is -0.493 e. The van der Waals surface area contributed by atoms with E-state index in [1.807, 2.05) is 0 Å². The molecule has 2 aliphatic rings. The standard InChI is InChI=1S/C26H27FN6O4/c27-18-7-9-23-21(12-18)25(35)31-19-8-6-17(24(34)29-10-3-11-37-23)13-32(14-19)26(36)20-4-1-2-5-22(20)33-16-28-15-30-33/h1-2,4-5,7,9,12,15-17,19H,3,6,8,10-11,13-14H2,(H,29,34)(H,31,35)/t17-,19+/m0/s1. The highest BCUT2D eigenvalue weighted by Crippen LogP contribution is 2.24. The van der Waals surface area contributed by atoms with Crippen molar-refractivity contribution in [1.29, 1.82) is 0 Å². The maximum atomic E-state index is 14.0. The highest BCUT2D eigenvalue weighted by atomic mass is 19.1.